The third-order valence-electron chi connectivity index (χ3n) is 3.71. The van der Waals surface area contributed by atoms with Gasteiger partial charge in [0.1, 0.15) is 11.6 Å². The second-order valence-corrected chi connectivity index (χ2v) is 7.39. The molecule has 0 spiro atoms. The number of rotatable bonds is 4. The first kappa shape index (κ1) is 18.7. The summed E-state index contributed by atoms with van der Waals surface area (Å²) in [7, 11) is -1.36. The van der Waals surface area contributed by atoms with Crippen molar-refractivity contribution in [1.82, 2.24) is 0 Å². The number of nitrogens with zero attached hydrogens (tertiary/aromatic N) is 2. The number of hydrogen-bond donors (Lipinski definition) is 1. The molecule has 2 aromatic rings. The van der Waals surface area contributed by atoms with Crippen molar-refractivity contribution in [2.75, 3.05) is 29.6 Å². The van der Waals surface area contributed by atoms with E-state index in [0.717, 1.165) is 22.7 Å². The molecule has 0 radical (unpaired) electrons. The quantitative estimate of drug-likeness (QED) is 0.897. The molecule has 25 heavy (non-hydrogen) atoms. The second kappa shape index (κ2) is 6.67. The minimum Gasteiger partial charge on any atom is -0.465 e. The van der Waals surface area contributed by atoms with E-state index < -0.39 is 27.8 Å². The monoisotopic (exact) mass is 370 g/mol. The normalized spacial score (nSPS) is 11.2. The maximum atomic E-state index is 14.3. The fourth-order valence-electron chi connectivity index (χ4n) is 2.28. The lowest BCUT2D eigenvalue weighted by Crippen LogP contribution is -2.26. The molecular weight excluding hydrogens is 354 g/mol. The third kappa shape index (κ3) is 3.71. The number of carbonyl (C=O) groups is 1. The lowest BCUT2D eigenvalue weighted by Gasteiger charge is -2.21. The van der Waals surface area contributed by atoms with E-state index in [1.807, 2.05) is 0 Å². The van der Waals surface area contributed by atoms with Gasteiger partial charge in [0.2, 0.25) is 10.0 Å². The first-order valence-electron chi connectivity index (χ1n) is 7.03. The molecule has 0 aliphatic rings. The highest BCUT2D eigenvalue weighted by Gasteiger charge is 2.22. The van der Waals surface area contributed by atoms with Crippen LogP contribution in [0.25, 0.3) is 11.1 Å². The molecule has 2 rings (SSSR count). The molecule has 0 saturated heterocycles. The summed E-state index contributed by atoms with van der Waals surface area (Å²) in [6, 6.07) is 7.59. The van der Waals surface area contributed by atoms with Crippen molar-refractivity contribution in [3.05, 3.63) is 48.0 Å². The SMILES string of the molecule is CN(C(=O)O)c1ccc(-c2cccc(F)c2N(C)S(C)(=O)=O)cc1F. The van der Waals surface area contributed by atoms with E-state index in [1.165, 1.54) is 38.4 Å². The molecule has 0 unspecified atom stereocenters. The maximum absolute atomic E-state index is 14.3. The van der Waals surface area contributed by atoms with Crippen LogP contribution in [0.2, 0.25) is 0 Å². The van der Waals surface area contributed by atoms with E-state index in [2.05, 4.69) is 0 Å². The standard InChI is InChI=1S/C16H16F2N2O4S/c1-19(16(21)22)14-8-7-10(9-13(14)18)11-5-4-6-12(17)15(11)20(2)25(3,23)24/h4-9H,1-3H3,(H,21,22). The maximum Gasteiger partial charge on any atom is 0.411 e. The van der Waals surface area contributed by atoms with Crippen LogP contribution in [0.5, 0.6) is 0 Å². The molecule has 1 N–H and O–H groups in total. The van der Waals surface area contributed by atoms with Crippen LogP contribution in [-0.4, -0.2) is 40.0 Å². The molecule has 0 atom stereocenters. The van der Waals surface area contributed by atoms with Gasteiger partial charge in [0.25, 0.3) is 0 Å². The number of sulfonamides is 1. The third-order valence-corrected chi connectivity index (χ3v) is 4.88. The Morgan fingerprint density at radius 2 is 1.72 bits per heavy atom. The number of anilines is 2. The van der Waals surface area contributed by atoms with Crippen LogP contribution < -0.4 is 9.21 Å². The predicted octanol–water partition coefficient (Wildman–Crippen LogP) is 3.14. The van der Waals surface area contributed by atoms with Crippen molar-refractivity contribution in [2.24, 2.45) is 0 Å². The lowest BCUT2D eigenvalue weighted by atomic mass is 10.0. The van der Waals surface area contributed by atoms with Crippen LogP contribution in [-0.2, 0) is 10.0 Å². The Labute approximate surface area is 144 Å². The van der Waals surface area contributed by atoms with Gasteiger partial charge >= 0.3 is 6.09 Å². The topological polar surface area (TPSA) is 77.9 Å². The van der Waals surface area contributed by atoms with Crippen LogP contribution in [0.4, 0.5) is 25.0 Å². The summed E-state index contributed by atoms with van der Waals surface area (Å²) >= 11 is 0. The molecule has 0 aliphatic heterocycles. The van der Waals surface area contributed by atoms with Crippen molar-refractivity contribution >= 4 is 27.5 Å². The number of carboxylic acid groups (broad SMARTS) is 1. The van der Waals surface area contributed by atoms with Crippen molar-refractivity contribution in [2.45, 2.75) is 0 Å². The van der Waals surface area contributed by atoms with E-state index >= 15 is 0 Å². The molecule has 0 fully saturated rings. The van der Waals surface area contributed by atoms with Crippen molar-refractivity contribution in [1.29, 1.82) is 0 Å². The first-order valence-corrected chi connectivity index (χ1v) is 8.88. The zero-order valence-corrected chi connectivity index (χ0v) is 14.5. The summed E-state index contributed by atoms with van der Waals surface area (Å²) in [5.41, 5.74) is -0.0178. The number of halogens is 2. The Kier molecular flexibility index (Phi) is 4.98. The summed E-state index contributed by atoms with van der Waals surface area (Å²) < 4.78 is 52.8. The Hall–Kier alpha value is -2.68. The summed E-state index contributed by atoms with van der Waals surface area (Å²) in [4.78, 5) is 11.6. The molecule has 2 aromatic carbocycles. The van der Waals surface area contributed by atoms with Gasteiger partial charge in [-0.1, -0.05) is 18.2 Å². The molecule has 6 nitrogen and oxygen atoms in total. The van der Waals surface area contributed by atoms with E-state index in [9.17, 15) is 22.0 Å². The molecule has 0 heterocycles. The van der Waals surface area contributed by atoms with Gasteiger partial charge in [-0.3, -0.25) is 9.21 Å². The fourth-order valence-corrected chi connectivity index (χ4v) is 2.80. The van der Waals surface area contributed by atoms with Gasteiger partial charge in [0, 0.05) is 19.7 Å². The molecule has 0 aliphatic carbocycles. The van der Waals surface area contributed by atoms with Gasteiger partial charge in [-0.25, -0.2) is 22.0 Å². The highest BCUT2D eigenvalue weighted by Crippen LogP contribution is 2.35. The van der Waals surface area contributed by atoms with Crippen molar-refractivity contribution in [3.8, 4) is 11.1 Å². The second-order valence-electron chi connectivity index (χ2n) is 5.37. The fraction of sp³-hybridized carbons (Fsp3) is 0.188. The van der Waals surface area contributed by atoms with E-state index in [1.54, 1.807) is 0 Å². The average Bonchev–Trinajstić information content (AvgIpc) is 2.52. The highest BCUT2D eigenvalue weighted by molar-refractivity contribution is 7.92. The molecule has 0 saturated carbocycles. The van der Waals surface area contributed by atoms with Gasteiger partial charge in [0.15, 0.2) is 0 Å². The summed E-state index contributed by atoms with van der Waals surface area (Å²) in [5.74, 6) is -1.61. The van der Waals surface area contributed by atoms with Gasteiger partial charge < -0.3 is 5.11 Å². The Bertz CT molecular complexity index is 932. The van der Waals surface area contributed by atoms with E-state index in [4.69, 9.17) is 5.11 Å². The van der Waals surface area contributed by atoms with Crippen LogP contribution in [0, 0.1) is 11.6 Å². The minimum absolute atomic E-state index is 0.163. The minimum atomic E-state index is -3.74. The van der Waals surface area contributed by atoms with Crippen LogP contribution in [0.3, 0.4) is 0 Å². The van der Waals surface area contributed by atoms with Gasteiger partial charge in [-0.2, -0.15) is 0 Å². The zero-order valence-electron chi connectivity index (χ0n) is 13.7. The van der Waals surface area contributed by atoms with Gasteiger partial charge in [-0.05, 0) is 23.8 Å². The Morgan fingerprint density at radius 1 is 1.08 bits per heavy atom. The summed E-state index contributed by atoms with van der Waals surface area (Å²) in [6.45, 7) is 0. The van der Waals surface area contributed by atoms with Gasteiger partial charge in [0.05, 0.1) is 17.6 Å². The van der Waals surface area contributed by atoms with E-state index in [-0.39, 0.29) is 22.5 Å². The molecule has 0 bridgehead atoms. The highest BCUT2D eigenvalue weighted by atomic mass is 32.2. The number of para-hydroxylation sites is 1. The van der Waals surface area contributed by atoms with E-state index in [0.29, 0.717) is 4.90 Å². The zero-order chi connectivity index (χ0) is 18.9. The first-order chi connectivity index (χ1) is 11.5. The molecule has 1 amide bonds. The summed E-state index contributed by atoms with van der Waals surface area (Å²) in [6.07, 6.45) is -0.413. The number of benzene rings is 2. The molecule has 0 aromatic heterocycles. The number of hydrogen-bond acceptors (Lipinski definition) is 3. The van der Waals surface area contributed by atoms with Gasteiger partial charge in [-0.15, -0.1) is 0 Å². The largest absolute Gasteiger partial charge is 0.465 e. The smallest absolute Gasteiger partial charge is 0.411 e. The number of amides is 1. The molecule has 134 valence electrons. The van der Waals surface area contributed by atoms with Crippen molar-refractivity contribution in [3.63, 3.8) is 0 Å². The van der Waals surface area contributed by atoms with Crippen LogP contribution >= 0.6 is 0 Å². The molecular formula is C16H16F2N2O4S. The average molecular weight is 370 g/mol. The Morgan fingerprint density at radius 3 is 2.24 bits per heavy atom. The summed E-state index contributed by atoms with van der Waals surface area (Å²) in [5, 5.41) is 8.93. The predicted molar refractivity (Wildman–Crippen MR) is 91.5 cm³/mol. The van der Waals surface area contributed by atoms with Crippen LogP contribution in [0.1, 0.15) is 0 Å². The van der Waals surface area contributed by atoms with Crippen molar-refractivity contribution < 1.29 is 27.1 Å². The molecule has 9 heteroatoms. The Balaban J connectivity index is 2.62. The van der Waals surface area contributed by atoms with Crippen LogP contribution in [0.15, 0.2) is 36.4 Å². The lowest BCUT2D eigenvalue weighted by molar-refractivity contribution is 0.203.